The van der Waals surface area contributed by atoms with Crippen molar-refractivity contribution in [1.29, 1.82) is 0 Å². The molecule has 1 aliphatic heterocycles. The first-order valence-corrected chi connectivity index (χ1v) is 9.12. The summed E-state index contributed by atoms with van der Waals surface area (Å²) in [5.41, 5.74) is -0.0794. The van der Waals surface area contributed by atoms with Gasteiger partial charge in [0.05, 0.1) is 16.3 Å². The molecule has 2 aromatic rings. The minimum Gasteiger partial charge on any atom is -0.478 e. The van der Waals surface area contributed by atoms with Gasteiger partial charge in [-0.15, -0.1) is 0 Å². The molecule has 1 saturated heterocycles. The van der Waals surface area contributed by atoms with Gasteiger partial charge in [0.25, 0.3) is 0 Å². The van der Waals surface area contributed by atoms with Crippen LogP contribution in [0.15, 0.2) is 24.3 Å². The van der Waals surface area contributed by atoms with Crippen LogP contribution in [-0.4, -0.2) is 57.8 Å². The van der Waals surface area contributed by atoms with E-state index in [4.69, 9.17) is 16.7 Å². The monoisotopic (exact) mass is 430 g/mol. The summed E-state index contributed by atoms with van der Waals surface area (Å²) < 4.78 is 39.7. The van der Waals surface area contributed by atoms with Crippen molar-refractivity contribution < 1.29 is 27.9 Å². The van der Waals surface area contributed by atoms with Gasteiger partial charge in [0.1, 0.15) is 6.54 Å². The van der Waals surface area contributed by atoms with E-state index < -0.39 is 22.9 Å². The number of halogens is 4. The van der Waals surface area contributed by atoms with Crippen LogP contribution in [0.5, 0.6) is 0 Å². The molecule has 0 saturated carbocycles. The number of hydrogen-bond donors (Lipinski definition) is 1. The van der Waals surface area contributed by atoms with E-state index in [-0.39, 0.29) is 23.7 Å². The Kier molecular flexibility index (Phi) is 5.74. The Labute approximate surface area is 169 Å². The molecule has 1 amide bonds. The van der Waals surface area contributed by atoms with Crippen molar-refractivity contribution in [2.75, 3.05) is 31.1 Å². The lowest BCUT2D eigenvalue weighted by atomic mass is 10.2. The molecular formula is C18H18ClF3N4O3. The second kappa shape index (κ2) is 7.94. The number of carbonyl (C=O) groups is 2. The van der Waals surface area contributed by atoms with Crippen LogP contribution in [0.2, 0.25) is 5.02 Å². The Hall–Kier alpha value is -2.75. The molecular weight excluding hydrogens is 413 g/mol. The smallest absolute Gasteiger partial charge is 0.436 e. The Morgan fingerprint density at radius 1 is 1.14 bits per heavy atom. The summed E-state index contributed by atoms with van der Waals surface area (Å²) in [7, 11) is 0. The number of carboxylic acids is 1. The third-order valence-corrected chi connectivity index (χ3v) is 5.25. The minimum absolute atomic E-state index is 0.0875. The Morgan fingerprint density at radius 2 is 1.72 bits per heavy atom. The molecule has 1 aromatic heterocycles. The number of nitrogens with zero attached hydrogens (tertiary/aromatic N) is 4. The summed E-state index contributed by atoms with van der Waals surface area (Å²) in [5, 5.41) is 11.9. The zero-order valence-corrected chi connectivity index (χ0v) is 16.2. The van der Waals surface area contributed by atoms with Crippen LogP contribution >= 0.6 is 11.6 Å². The second-order valence-corrected chi connectivity index (χ2v) is 7.00. The first-order chi connectivity index (χ1) is 13.6. The van der Waals surface area contributed by atoms with Crippen LogP contribution in [0.25, 0.3) is 0 Å². The van der Waals surface area contributed by atoms with E-state index >= 15 is 0 Å². The lowest BCUT2D eigenvalue weighted by Gasteiger charge is -2.36. The van der Waals surface area contributed by atoms with E-state index in [2.05, 4.69) is 5.10 Å². The highest BCUT2D eigenvalue weighted by molar-refractivity contribution is 6.32. The van der Waals surface area contributed by atoms with E-state index in [0.29, 0.717) is 26.2 Å². The maximum absolute atomic E-state index is 12.9. The van der Waals surface area contributed by atoms with Crippen LogP contribution in [0, 0.1) is 6.92 Å². The van der Waals surface area contributed by atoms with Crippen LogP contribution < -0.4 is 4.90 Å². The van der Waals surface area contributed by atoms with Gasteiger partial charge in [-0.25, -0.2) is 4.79 Å². The zero-order valence-electron chi connectivity index (χ0n) is 15.4. The predicted octanol–water partition coefficient (Wildman–Crippen LogP) is 2.91. The number of piperazine rings is 1. The SMILES string of the molecule is Cc1c(Cl)c(C(F)(F)F)nn1CC(=O)N1CCN(c2ccc(C(=O)O)cc2)CC1. The number of rotatable bonds is 4. The molecule has 2 heterocycles. The van der Waals surface area contributed by atoms with E-state index in [1.54, 1.807) is 17.0 Å². The third kappa shape index (κ3) is 4.47. The average molecular weight is 431 g/mol. The highest BCUT2D eigenvalue weighted by Crippen LogP contribution is 2.35. The Bertz CT molecular complexity index is 920. The number of anilines is 1. The van der Waals surface area contributed by atoms with E-state index in [1.165, 1.54) is 19.1 Å². The highest BCUT2D eigenvalue weighted by atomic mass is 35.5. The van der Waals surface area contributed by atoms with Gasteiger partial charge in [0.15, 0.2) is 5.69 Å². The number of amides is 1. The maximum atomic E-state index is 12.9. The van der Waals surface area contributed by atoms with Gasteiger partial charge in [-0.2, -0.15) is 18.3 Å². The summed E-state index contributed by atoms with van der Waals surface area (Å²) in [6.07, 6.45) is -4.68. The number of aromatic nitrogens is 2. The van der Waals surface area contributed by atoms with Crippen molar-refractivity contribution in [3.05, 3.63) is 46.2 Å². The molecule has 1 aromatic carbocycles. The number of aromatic carboxylic acids is 1. The van der Waals surface area contributed by atoms with Gasteiger partial charge >= 0.3 is 12.1 Å². The molecule has 156 valence electrons. The molecule has 0 atom stereocenters. The number of hydrogen-bond acceptors (Lipinski definition) is 4. The molecule has 1 aliphatic rings. The maximum Gasteiger partial charge on any atom is 0.436 e. The molecule has 11 heteroatoms. The molecule has 7 nitrogen and oxygen atoms in total. The Balaban J connectivity index is 1.61. The van der Waals surface area contributed by atoms with Crippen LogP contribution in [0.3, 0.4) is 0 Å². The quantitative estimate of drug-likeness (QED) is 0.807. The molecule has 1 fully saturated rings. The molecule has 0 bridgehead atoms. The van der Waals surface area contributed by atoms with Gasteiger partial charge in [0, 0.05) is 31.9 Å². The van der Waals surface area contributed by atoms with Gasteiger partial charge in [-0.05, 0) is 31.2 Å². The standard InChI is InChI=1S/C18H18ClF3N4O3/c1-11-15(19)16(18(20,21)22)23-26(11)10-14(27)25-8-6-24(7-9-25)13-4-2-12(3-5-13)17(28)29/h2-5H,6-10H2,1H3,(H,28,29). The molecule has 0 radical (unpaired) electrons. The fourth-order valence-corrected chi connectivity index (χ4v) is 3.36. The van der Waals surface area contributed by atoms with E-state index in [0.717, 1.165) is 10.4 Å². The molecule has 3 rings (SSSR count). The lowest BCUT2D eigenvalue weighted by molar-refractivity contribution is -0.142. The number of carbonyl (C=O) groups excluding carboxylic acids is 1. The minimum atomic E-state index is -4.68. The van der Waals surface area contributed by atoms with Crippen molar-refractivity contribution in [2.45, 2.75) is 19.6 Å². The summed E-state index contributed by atoms with van der Waals surface area (Å²) in [6.45, 7) is 2.88. The fraction of sp³-hybridized carbons (Fsp3) is 0.389. The largest absolute Gasteiger partial charge is 0.478 e. The van der Waals surface area contributed by atoms with Gasteiger partial charge in [-0.3, -0.25) is 9.48 Å². The Morgan fingerprint density at radius 3 is 2.21 bits per heavy atom. The first-order valence-electron chi connectivity index (χ1n) is 8.74. The average Bonchev–Trinajstić information content (AvgIpc) is 2.97. The lowest BCUT2D eigenvalue weighted by Crippen LogP contribution is -2.49. The molecule has 0 spiro atoms. The topological polar surface area (TPSA) is 78.7 Å². The van der Waals surface area contributed by atoms with Crippen molar-refractivity contribution in [2.24, 2.45) is 0 Å². The number of carboxylic acid groups (broad SMARTS) is 1. The summed E-state index contributed by atoms with van der Waals surface area (Å²) >= 11 is 5.71. The van der Waals surface area contributed by atoms with Gasteiger partial charge < -0.3 is 14.9 Å². The van der Waals surface area contributed by atoms with Gasteiger partial charge in [0.2, 0.25) is 5.91 Å². The van der Waals surface area contributed by atoms with Crippen molar-refractivity contribution >= 4 is 29.2 Å². The number of benzene rings is 1. The van der Waals surface area contributed by atoms with Crippen LogP contribution in [0.4, 0.5) is 18.9 Å². The molecule has 29 heavy (non-hydrogen) atoms. The first kappa shape index (κ1) is 21.0. The van der Waals surface area contributed by atoms with Crippen molar-refractivity contribution in [3.8, 4) is 0 Å². The van der Waals surface area contributed by atoms with Crippen molar-refractivity contribution in [1.82, 2.24) is 14.7 Å². The van der Waals surface area contributed by atoms with Crippen molar-refractivity contribution in [3.63, 3.8) is 0 Å². The summed E-state index contributed by atoms with van der Waals surface area (Å²) in [5.74, 6) is -1.35. The number of alkyl halides is 3. The summed E-state index contributed by atoms with van der Waals surface area (Å²) in [4.78, 5) is 27.0. The summed E-state index contributed by atoms with van der Waals surface area (Å²) in [6, 6.07) is 6.43. The highest BCUT2D eigenvalue weighted by Gasteiger charge is 2.38. The molecule has 0 unspecified atom stereocenters. The van der Waals surface area contributed by atoms with Crippen LogP contribution in [-0.2, 0) is 17.5 Å². The zero-order chi connectivity index (χ0) is 21.3. The fourth-order valence-electron chi connectivity index (χ4n) is 3.12. The second-order valence-electron chi connectivity index (χ2n) is 6.62. The molecule has 0 aliphatic carbocycles. The third-order valence-electron chi connectivity index (χ3n) is 4.80. The van der Waals surface area contributed by atoms with Crippen LogP contribution in [0.1, 0.15) is 21.7 Å². The predicted molar refractivity (Wildman–Crippen MR) is 99.2 cm³/mol. The van der Waals surface area contributed by atoms with E-state index in [1.807, 2.05) is 4.90 Å². The molecule has 1 N–H and O–H groups in total. The normalized spacial score (nSPS) is 14.9. The van der Waals surface area contributed by atoms with E-state index in [9.17, 15) is 22.8 Å². The van der Waals surface area contributed by atoms with Gasteiger partial charge in [-0.1, -0.05) is 11.6 Å².